The summed E-state index contributed by atoms with van der Waals surface area (Å²) in [7, 11) is 0. The van der Waals surface area contributed by atoms with Crippen molar-refractivity contribution in [3.8, 4) is 0 Å². The van der Waals surface area contributed by atoms with Crippen LogP contribution in [0.5, 0.6) is 0 Å². The minimum absolute atomic E-state index is 0.0891. The molecular formula is C7H11N3O2. The van der Waals surface area contributed by atoms with E-state index in [0.29, 0.717) is 5.69 Å². The van der Waals surface area contributed by atoms with E-state index in [1.165, 1.54) is 12.5 Å². The van der Waals surface area contributed by atoms with Crippen molar-refractivity contribution in [2.45, 2.75) is 18.9 Å². The Kier molecular flexibility index (Phi) is 1.79. The minimum atomic E-state index is -1.52. The average molecular weight is 170 g/mol. The molecule has 4 N–H and O–H groups in total. The fourth-order valence-corrected chi connectivity index (χ4v) is 0.797. The Balaban J connectivity index is 2.75. The average Bonchev–Trinajstić information content (AvgIpc) is 2.56. The van der Waals surface area contributed by atoms with Crippen LogP contribution in [0.1, 0.15) is 14.0 Å². The van der Waals surface area contributed by atoms with Gasteiger partial charge in [0.25, 0.3) is 0 Å². The van der Waals surface area contributed by atoms with E-state index < -0.39 is 11.5 Å². The van der Waals surface area contributed by atoms with E-state index in [-0.39, 0.29) is 13.3 Å². The van der Waals surface area contributed by atoms with Crippen molar-refractivity contribution in [3.05, 3.63) is 18.2 Å². The van der Waals surface area contributed by atoms with E-state index in [1.54, 1.807) is 0 Å². The van der Waals surface area contributed by atoms with Crippen LogP contribution in [0.4, 0.5) is 0 Å². The maximum Gasteiger partial charge on any atom is 0.323 e. The summed E-state index contributed by atoms with van der Waals surface area (Å²) >= 11 is 0. The van der Waals surface area contributed by atoms with Crippen LogP contribution in [0.2, 0.25) is 0 Å². The molecule has 12 heavy (non-hydrogen) atoms. The molecule has 0 radical (unpaired) electrons. The van der Waals surface area contributed by atoms with E-state index >= 15 is 0 Å². The first-order chi connectivity index (χ1) is 6.08. The number of imidazole rings is 1. The molecule has 0 aliphatic rings. The van der Waals surface area contributed by atoms with Crippen LogP contribution in [0.25, 0.3) is 0 Å². The predicted molar refractivity (Wildman–Crippen MR) is 42.5 cm³/mol. The molecule has 5 nitrogen and oxygen atoms in total. The number of nitrogens with two attached hydrogens (primary N) is 1. The molecule has 0 saturated carbocycles. The van der Waals surface area contributed by atoms with Crippen molar-refractivity contribution in [1.82, 2.24) is 9.97 Å². The van der Waals surface area contributed by atoms with Crippen molar-refractivity contribution < 1.29 is 11.3 Å². The van der Waals surface area contributed by atoms with Gasteiger partial charge >= 0.3 is 5.97 Å². The Morgan fingerprint density at radius 1 is 2.08 bits per heavy atom. The van der Waals surface area contributed by atoms with Gasteiger partial charge in [-0.1, -0.05) is 0 Å². The Bertz CT molecular complexity index is 288. The number of hydrogen-bond donors (Lipinski definition) is 3. The number of aromatic nitrogens is 2. The third-order valence-electron chi connectivity index (χ3n) is 1.49. The topological polar surface area (TPSA) is 92.0 Å². The van der Waals surface area contributed by atoms with Crippen LogP contribution in [0.3, 0.4) is 0 Å². The molecule has 0 aromatic carbocycles. The number of hydrogen-bond acceptors (Lipinski definition) is 3. The van der Waals surface area contributed by atoms with Gasteiger partial charge in [-0.25, -0.2) is 4.98 Å². The predicted octanol–water partition coefficient (Wildman–Crippen LogP) is -0.246. The highest BCUT2D eigenvalue weighted by molar-refractivity contribution is 5.78. The molecule has 1 heterocycles. The van der Waals surface area contributed by atoms with Crippen LogP contribution >= 0.6 is 0 Å². The number of carboxylic acid groups (broad SMARTS) is 1. The quantitative estimate of drug-likeness (QED) is 0.583. The second kappa shape index (κ2) is 2.94. The molecule has 0 unspecified atom stereocenters. The smallest absolute Gasteiger partial charge is 0.323 e. The second-order valence-electron chi connectivity index (χ2n) is 2.71. The lowest BCUT2D eigenvalue weighted by Gasteiger charge is -2.17. The van der Waals surface area contributed by atoms with Crippen molar-refractivity contribution in [3.63, 3.8) is 0 Å². The SMILES string of the molecule is [2H]C[C@](N)(Cc1cnc[nH]1)C(=O)O. The van der Waals surface area contributed by atoms with E-state index in [2.05, 4.69) is 9.97 Å². The van der Waals surface area contributed by atoms with Gasteiger partial charge in [-0.2, -0.15) is 0 Å². The van der Waals surface area contributed by atoms with Gasteiger partial charge in [-0.15, -0.1) is 0 Å². The molecule has 0 saturated heterocycles. The molecular weight excluding hydrogens is 158 g/mol. The molecule has 1 aromatic heterocycles. The van der Waals surface area contributed by atoms with Crippen LogP contribution in [0.15, 0.2) is 12.5 Å². The Hall–Kier alpha value is -1.36. The van der Waals surface area contributed by atoms with Gasteiger partial charge in [0.05, 0.1) is 6.33 Å². The number of nitrogens with one attached hydrogen (secondary N) is 1. The second-order valence-corrected chi connectivity index (χ2v) is 2.71. The third-order valence-corrected chi connectivity index (χ3v) is 1.49. The van der Waals surface area contributed by atoms with Gasteiger partial charge in [0.2, 0.25) is 0 Å². The number of aromatic amines is 1. The van der Waals surface area contributed by atoms with Crippen molar-refractivity contribution in [2.24, 2.45) is 5.73 Å². The van der Waals surface area contributed by atoms with Gasteiger partial charge in [0.1, 0.15) is 5.54 Å². The summed E-state index contributed by atoms with van der Waals surface area (Å²) in [6.45, 7) is -0.360. The zero-order chi connectivity index (χ0) is 9.90. The number of aliphatic carboxylic acids is 1. The number of carbonyl (C=O) groups is 1. The van der Waals surface area contributed by atoms with Crippen LogP contribution in [-0.2, 0) is 11.2 Å². The van der Waals surface area contributed by atoms with Gasteiger partial charge in [0.15, 0.2) is 0 Å². The molecule has 0 bridgehead atoms. The third kappa shape index (κ3) is 1.82. The molecule has 0 fully saturated rings. The van der Waals surface area contributed by atoms with Crippen molar-refractivity contribution in [2.75, 3.05) is 0 Å². The zero-order valence-electron chi connectivity index (χ0n) is 7.45. The lowest BCUT2D eigenvalue weighted by Crippen LogP contribution is -2.46. The van der Waals surface area contributed by atoms with Crippen LogP contribution < -0.4 is 5.73 Å². The standard InChI is InChI=1S/C7H11N3O2/c1-7(8,6(11)12)2-5-3-9-4-10-5/h3-4H,2,8H2,1H3,(H,9,10)(H,11,12)/t7-/m0/s1/i1D. The van der Waals surface area contributed by atoms with Gasteiger partial charge in [-0.05, 0) is 6.90 Å². The van der Waals surface area contributed by atoms with Gasteiger partial charge in [-0.3, -0.25) is 4.79 Å². The summed E-state index contributed by atoms with van der Waals surface area (Å²) in [6, 6.07) is 0. The van der Waals surface area contributed by atoms with Crippen molar-refractivity contribution >= 4 is 5.97 Å². The molecule has 0 spiro atoms. The highest BCUT2D eigenvalue weighted by atomic mass is 16.4. The molecule has 0 amide bonds. The molecule has 66 valence electrons. The Labute approximate surface area is 71.0 Å². The zero-order valence-corrected chi connectivity index (χ0v) is 6.45. The van der Waals surface area contributed by atoms with E-state index in [4.69, 9.17) is 12.2 Å². The fourth-order valence-electron chi connectivity index (χ4n) is 0.797. The van der Waals surface area contributed by atoms with Gasteiger partial charge in [0, 0.05) is 19.7 Å². The maximum atomic E-state index is 10.7. The first-order valence-electron chi connectivity index (χ1n) is 4.08. The summed E-state index contributed by atoms with van der Waals surface area (Å²) in [6.07, 6.45) is 3.04. The number of nitrogens with zero attached hydrogens (tertiary/aromatic N) is 1. The first-order valence-corrected chi connectivity index (χ1v) is 3.37. The molecule has 0 aliphatic carbocycles. The highest BCUT2D eigenvalue weighted by Crippen LogP contribution is 2.07. The summed E-state index contributed by atoms with van der Waals surface area (Å²) in [4.78, 5) is 17.2. The molecule has 1 atom stereocenters. The summed E-state index contributed by atoms with van der Waals surface area (Å²) in [5.41, 5.74) is 4.60. The number of H-pyrrole nitrogens is 1. The maximum absolute atomic E-state index is 10.7. The molecule has 5 heteroatoms. The van der Waals surface area contributed by atoms with E-state index in [1.807, 2.05) is 0 Å². The van der Waals surface area contributed by atoms with E-state index in [9.17, 15) is 4.79 Å². The van der Waals surface area contributed by atoms with Crippen LogP contribution in [0, 0.1) is 0 Å². The lowest BCUT2D eigenvalue weighted by atomic mass is 9.98. The molecule has 1 rings (SSSR count). The Morgan fingerprint density at radius 2 is 2.83 bits per heavy atom. The summed E-state index contributed by atoms with van der Waals surface area (Å²) in [5.74, 6) is -1.17. The largest absolute Gasteiger partial charge is 0.480 e. The van der Waals surface area contributed by atoms with E-state index in [0.717, 1.165) is 0 Å². The fraction of sp³-hybridized carbons (Fsp3) is 0.429. The minimum Gasteiger partial charge on any atom is -0.480 e. The number of carboxylic acids is 1. The van der Waals surface area contributed by atoms with Crippen molar-refractivity contribution in [1.29, 1.82) is 0 Å². The summed E-state index contributed by atoms with van der Waals surface area (Å²) < 4.78 is 7.05. The monoisotopic (exact) mass is 170 g/mol. The first kappa shape index (κ1) is 7.30. The molecule has 1 aromatic rings. The van der Waals surface area contributed by atoms with Gasteiger partial charge < -0.3 is 15.8 Å². The highest BCUT2D eigenvalue weighted by Gasteiger charge is 2.28. The number of rotatable bonds is 3. The summed E-state index contributed by atoms with van der Waals surface area (Å²) in [5, 5.41) is 8.75. The van der Waals surface area contributed by atoms with Crippen LogP contribution in [-0.4, -0.2) is 26.6 Å². The Morgan fingerprint density at radius 3 is 3.25 bits per heavy atom. The lowest BCUT2D eigenvalue weighted by molar-refractivity contribution is -0.142. The normalized spacial score (nSPS) is 16.6. The molecule has 0 aliphatic heterocycles.